The van der Waals surface area contributed by atoms with E-state index in [4.69, 9.17) is 0 Å². The van der Waals surface area contributed by atoms with E-state index in [0.717, 1.165) is 10.0 Å². The molecule has 4 heteroatoms. The maximum absolute atomic E-state index is 13.2. The number of halogens is 2. The van der Waals surface area contributed by atoms with Gasteiger partial charge in [0.05, 0.1) is 6.20 Å². The summed E-state index contributed by atoms with van der Waals surface area (Å²) < 4.78 is 14.2. The van der Waals surface area contributed by atoms with Crippen molar-refractivity contribution in [2.24, 2.45) is 0 Å². The zero-order valence-electron chi connectivity index (χ0n) is 10.9. The summed E-state index contributed by atoms with van der Waals surface area (Å²) in [5.41, 5.74) is 2.03. The number of aromatic nitrogens is 1. The average molecular weight is 323 g/mol. The fourth-order valence-electron chi connectivity index (χ4n) is 2.05. The van der Waals surface area contributed by atoms with E-state index in [-0.39, 0.29) is 17.9 Å². The van der Waals surface area contributed by atoms with Gasteiger partial charge in [-0.1, -0.05) is 34.1 Å². The van der Waals surface area contributed by atoms with Gasteiger partial charge in [-0.05, 0) is 37.1 Å². The Morgan fingerprint density at radius 3 is 2.58 bits per heavy atom. The van der Waals surface area contributed by atoms with Crippen LogP contribution in [0.5, 0.6) is 0 Å². The maximum Gasteiger partial charge on any atom is 0.141 e. The Kier molecular flexibility index (Phi) is 4.66. The van der Waals surface area contributed by atoms with E-state index < -0.39 is 0 Å². The second-order valence-electron chi connectivity index (χ2n) is 4.57. The van der Waals surface area contributed by atoms with Crippen molar-refractivity contribution in [3.63, 3.8) is 0 Å². The first-order chi connectivity index (χ1) is 9.08. The monoisotopic (exact) mass is 322 g/mol. The molecular formula is C15H16BrFN2. The quantitative estimate of drug-likeness (QED) is 0.902. The Bertz CT molecular complexity index is 559. The molecule has 0 saturated carbocycles. The van der Waals surface area contributed by atoms with Gasteiger partial charge in [-0.25, -0.2) is 4.39 Å². The van der Waals surface area contributed by atoms with Gasteiger partial charge in [0.1, 0.15) is 5.82 Å². The SMILES string of the molecule is CC(NC(C)c1ccccc1Br)c1cncc(F)c1. The van der Waals surface area contributed by atoms with Crippen LogP contribution in [0.25, 0.3) is 0 Å². The summed E-state index contributed by atoms with van der Waals surface area (Å²) in [6, 6.07) is 9.78. The van der Waals surface area contributed by atoms with E-state index in [9.17, 15) is 4.39 Å². The minimum Gasteiger partial charge on any atom is -0.304 e. The van der Waals surface area contributed by atoms with Crippen molar-refractivity contribution in [1.82, 2.24) is 10.3 Å². The first kappa shape index (κ1) is 14.2. The van der Waals surface area contributed by atoms with E-state index in [1.165, 1.54) is 17.8 Å². The molecule has 0 aliphatic rings. The number of hydrogen-bond donors (Lipinski definition) is 1. The Hall–Kier alpha value is -1.26. The summed E-state index contributed by atoms with van der Waals surface area (Å²) >= 11 is 3.54. The summed E-state index contributed by atoms with van der Waals surface area (Å²) in [5, 5.41) is 3.44. The van der Waals surface area contributed by atoms with E-state index in [0.29, 0.717) is 0 Å². The van der Waals surface area contributed by atoms with E-state index in [2.05, 4.69) is 39.2 Å². The average Bonchev–Trinajstić information content (AvgIpc) is 2.39. The van der Waals surface area contributed by atoms with Crippen molar-refractivity contribution in [1.29, 1.82) is 0 Å². The van der Waals surface area contributed by atoms with E-state index >= 15 is 0 Å². The molecule has 0 aliphatic heterocycles. The number of nitrogens with zero attached hydrogens (tertiary/aromatic N) is 1. The van der Waals surface area contributed by atoms with Gasteiger partial charge >= 0.3 is 0 Å². The number of nitrogens with one attached hydrogen (secondary N) is 1. The fraction of sp³-hybridized carbons (Fsp3) is 0.267. The lowest BCUT2D eigenvalue weighted by Crippen LogP contribution is -2.23. The molecule has 1 aromatic carbocycles. The molecule has 0 aliphatic carbocycles. The highest BCUT2D eigenvalue weighted by molar-refractivity contribution is 9.10. The first-order valence-electron chi connectivity index (χ1n) is 6.19. The summed E-state index contributed by atoms with van der Waals surface area (Å²) in [6.07, 6.45) is 2.90. The van der Waals surface area contributed by atoms with Crippen LogP contribution in [0.2, 0.25) is 0 Å². The van der Waals surface area contributed by atoms with Crippen LogP contribution >= 0.6 is 15.9 Å². The first-order valence-corrected chi connectivity index (χ1v) is 6.98. The molecule has 0 saturated heterocycles. The predicted octanol–water partition coefficient (Wildman–Crippen LogP) is 4.40. The van der Waals surface area contributed by atoms with Crippen molar-refractivity contribution in [3.8, 4) is 0 Å². The lowest BCUT2D eigenvalue weighted by atomic mass is 10.1. The largest absolute Gasteiger partial charge is 0.304 e. The third-order valence-corrected chi connectivity index (χ3v) is 3.82. The van der Waals surface area contributed by atoms with Crippen LogP contribution in [-0.4, -0.2) is 4.98 Å². The third-order valence-electron chi connectivity index (χ3n) is 3.10. The van der Waals surface area contributed by atoms with Crippen LogP contribution in [0.3, 0.4) is 0 Å². The molecule has 2 aromatic rings. The molecular weight excluding hydrogens is 307 g/mol. The molecule has 0 bridgehead atoms. The summed E-state index contributed by atoms with van der Waals surface area (Å²) in [4.78, 5) is 3.88. The lowest BCUT2D eigenvalue weighted by molar-refractivity contribution is 0.489. The topological polar surface area (TPSA) is 24.9 Å². The minimum absolute atomic E-state index is 0.0327. The standard InChI is InChI=1S/C15H16BrFN2/c1-10(12-7-13(17)9-18-8-12)19-11(2)14-5-3-4-6-15(14)16/h3-11,19H,1-2H3. The highest BCUT2D eigenvalue weighted by atomic mass is 79.9. The lowest BCUT2D eigenvalue weighted by Gasteiger charge is -2.21. The molecule has 2 nitrogen and oxygen atoms in total. The Morgan fingerprint density at radius 1 is 1.16 bits per heavy atom. The normalized spacial score (nSPS) is 14.1. The van der Waals surface area contributed by atoms with Crippen LogP contribution in [0.15, 0.2) is 47.2 Å². The molecule has 2 unspecified atom stereocenters. The second kappa shape index (κ2) is 6.26. The van der Waals surface area contributed by atoms with Crippen molar-refractivity contribution in [2.45, 2.75) is 25.9 Å². The summed E-state index contributed by atoms with van der Waals surface area (Å²) in [7, 11) is 0. The number of rotatable bonds is 4. The van der Waals surface area contributed by atoms with Crippen molar-refractivity contribution in [3.05, 3.63) is 64.1 Å². The molecule has 0 fully saturated rings. The van der Waals surface area contributed by atoms with Crippen LogP contribution < -0.4 is 5.32 Å². The number of pyridine rings is 1. The Balaban J connectivity index is 2.11. The summed E-state index contributed by atoms with van der Waals surface area (Å²) in [5.74, 6) is -0.306. The van der Waals surface area contributed by atoms with Crippen molar-refractivity contribution < 1.29 is 4.39 Å². The van der Waals surface area contributed by atoms with Crippen LogP contribution in [0.1, 0.15) is 37.1 Å². The molecule has 0 spiro atoms. The Labute approximate surface area is 121 Å². The van der Waals surface area contributed by atoms with Gasteiger partial charge in [0.2, 0.25) is 0 Å². The van der Waals surface area contributed by atoms with Gasteiger partial charge in [-0.2, -0.15) is 0 Å². The molecule has 100 valence electrons. The van der Waals surface area contributed by atoms with Gasteiger partial charge in [0.15, 0.2) is 0 Å². The van der Waals surface area contributed by atoms with Crippen LogP contribution in [0, 0.1) is 5.82 Å². The van der Waals surface area contributed by atoms with Crippen LogP contribution in [-0.2, 0) is 0 Å². The minimum atomic E-state index is -0.306. The Morgan fingerprint density at radius 2 is 1.89 bits per heavy atom. The zero-order chi connectivity index (χ0) is 13.8. The summed E-state index contributed by atoms with van der Waals surface area (Å²) in [6.45, 7) is 4.09. The molecule has 1 N–H and O–H groups in total. The number of benzene rings is 1. The molecule has 19 heavy (non-hydrogen) atoms. The zero-order valence-corrected chi connectivity index (χ0v) is 12.5. The molecule has 0 radical (unpaired) electrons. The smallest absolute Gasteiger partial charge is 0.141 e. The highest BCUT2D eigenvalue weighted by Crippen LogP contribution is 2.25. The second-order valence-corrected chi connectivity index (χ2v) is 5.42. The molecule has 1 aromatic heterocycles. The van der Waals surface area contributed by atoms with Gasteiger partial charge in [-0.15, -0.1) is 0 Å². The van der Waals surface area contributed by atoms with E-state index in [1.807, 2.05) is 25.1 Å². The van der Waals surface area contributed by atoms with E-state index in [1.54, 1.807) is 6.20 Å². The van der Waals surface area contributed by atoms with Gasteiger partial charge in [-0.3, -0.25) is 4.98 Å². The number of hydrogen-bond acceptors (Lipinski definition) is 2. The van der Waals surface area contributed by atoms with Crippen molar-refractivity contribution in [2.75, 3.05) is 0 Å². The van der Waals surface area contributed by atoms with Crippen molar-refractivity contribution >= 4 is 15.9 Å². The van der Waals surface area contributed by atoms with Crippen LogP contribution in [0.4, 0.5) is 4.39 Å². The molecule has 1 heterocycles. The third kappa shape index (κ3) is 3.61. The van der Waals surface area contributed by atoms with Gasteiger partial charge in [0.25, 0.3) is 0 Å². The highest BCUT2D eigenvalue weighted by Gasteiger charge is 2.13. The molecule has 0 amide bonds. The fourth-order valence-corrected chi connectivity index (χ4v) is 2.68. The molecule has 2 atom stereocenters. The maximum atomic E-state index is 13.2. The van der Waals surface area contributed by atoms with Gasteiger partial charge in [0, 0.05) is 22.8 Å². The molecule has 2 rings (SSSR count). The predicted molar refractivity (Wildman–Crippen MR) is 78.3 cm³/mol. The van der Waals surface area contributed by atoms with Gasteiger partial charge < -0.3 is 5.32 Å².